The van der Waals surface area contributed by atoms with E-state index in [0.717, 1.165) is 32.5 Å². The van der Waals surface area contributed by atoms with E-state index < -0.39 is 0 Å². The number of amides is 1. The molecule has 2 N–H and O–H groups in total. The quantitative estimate of drug-likeness (QED) is 0.718. The summed E-state index contributed by atoms with van der Waals surface area (Å²) in [6.07, 6.45) is 1.55. The third-order valence-corrected chi connectivity index (χ3v) is 3.76. The van der Waals surface area contributed by atoms with Crippen molar-refractivity contribution in [3.63, 3.8) is 0 Å². The predicted molar refractivity (Wildman–Crippen MR) is 65.6 cm³/mol. The van der Waals surface area contributed by atoms with Crippen molar-refractivity contribution in [2.75, 3.05) is 33.2 Å². The van der Waals surface area contributed by atoms with Crippen LogP contribution in [0, 0.1) is 0 Å². The summed E-state index contributed by atoms with van der Waals surface area (Å²) < 4.78 is 5.67. The topological polar surface area (TPSA) is 58.8 Å². The molecule has 2 aliphatic heterocycles. The Kier molecular flexibility index (Phi) is 4.01. The molecule has 2 saturated heterocycles. The second-order valence-corrected chi connectivity index (χ2v) is 5.20. The van der Waals surface area contributed by atoms with Crippen LogP contribution in [0.15, 0.2) is 0 Å². The van der Waals surface area contributed by atoms with Crippen LogP contribution in [-0.4, -0.2) is 67.2 Å². The van der Waals surface area contributed by atoms with Gasteiger partial charge in [0.15, 0.2) is 0 Å². The molecule has 2 rings (SSSR count). The average Bonchev–Trinajstić information content (AvgIpc) is 2.76. The number of piperazine rings is 1. The zero-order valence-electron chi connectivity index (χ0n) is 10.8. The number of rotatable bonds is 2. The van der Waals surface area contributed by atoms with Gasteiger partial charge in [-0.05, 0) is 26.8 Å². The summed E-state index contributed by atoms with van der Waals surface area (Å²) in [7, 11) is 2.09. The first-order chi connectivity index (χ1) is 8.11. The van der Waals surface area contributed by atoms with Crippen LogP contribution >= 0.6 is 0 Å². The van der Waals surface area contributed by atoms with Gasteiger partial charge in [-0.3, -0.25) is 4.79 Å². The molecular formula is C12H23N3O2. The highest BCUT2D eigenvalue weighted by Crippen LogP contribution is 2.22. The Morgan fingerprint density at radius 1 is 1.41 bits per heavy atom. The largest absolute Gasteiger partial charge is 0.364 e. The molecule has 1 amide bonds. The molecule has 3 atom stereocenters. The Morgan fingerprint density at radius 2 is 2.18 bits per heavy atom. The monoisotopic (exact) mass is 241 g/mol. The molecule has 2 heterocycles. The van der Waals surface area contributed by atoms with Crippen molar-refractivity contribution in [3.8, 4) is 0 Å². The fraction of sp³-hybridized carbons (Fsp3) is 0.917. The molecule has 0 radical (unpaired) electrons. The molecule has 0 aromatic carbocycles. The Labute approximate surface area is 103 Å². The smallest absolute Gasteiger partial charge is 0.252 e. The molecule has 5 heteroatoms. The van der Waals surface area contributed by atoms with Crippen molar-refractivity contribution in [2.24, 2.45) is 5.73 Å². The van der Waals surface area contributed by atoms with Gasteiger partial charge < -0.3 is 20.3 Å². The number of carbonyl (C=O) groups excluding carboxylic acids is 1. The minimum Gasteiger partial charge on any atom is -0.364 e. The lowest BCUT2D eigenvalue weighted by Crippen LogP contribution is -2.55. The summed E-state index contributed by atoms with van der Waals surface area (Å²) in [6.45, 7) is 5.32. The number of hydrogen-bond acceptors (Lipinski definition) is 4. The van der Waals surface area contributed by atoms with Crippen LogP contribution in [0.3, 0.4) is 0 Å². The Hall–Kier alpha value is -0.650. The highest BCUT2D eigenvalue weighted by molar-refractivity contribution is 5.81. The van der Waals surface area contributed by atoms with E-state index >= 15 is 0 Å². The first kappa shape index (κ1) is 12.8. The molecule has 0 aliphatic carbocycles. The van der Waals surface area contributed by atoms with Gasteiger partial charge in [-0.2, -0.15) is 0 Å². The van der Waals surface area contributed by atoms with Gasteiger partial charge in [-0.25, -0.2) is 0 Å². The third-order valence-electron chi connectivity index (χ3n) is 3.76. The van der Waals surface area contributed by atoms with E-state index in [2.05, 4.69) is 18.9 Å². The van der Waals surface area contributed by atoms with Crippen molar-refractivity contribution >= 4 is 5.91 Å². The summed E-state index contributed by atoms with van der Waals surface area (Å²) in [6, 6.07) is 0.279. The number of carbonyl (C=O) groups is 1. The molecule has 0 spiro atoms. The van der Waals surface area contributed by atoms with E-state index in [-0.39, 0.29) is 24.2 Å². The van der Waals surface area contributed by atoms with Crippen molar-refractivity contribution in [3.05, 3.63) is 0 Å². The zero-order chi connectivity index (χ0) is 12.4. The number of nitrogens with two attached hydrogens (primary N) is 1. The van der Waals surface area contributed by atoms with Gasteiger partial charge in [0.25, 0.3) is 5.91 Å². The van der Waals surface area contributed by atoms with Crippen LogP contribution in [0.2, 0.25) is 0 Å². The third kappa shape index (κ3) is 2.78. The van der Waals surface area contributed by atoms with Gasteiger partial charge >= 0.3 is 0 Å². The molecule has 17 heavy (non-hydrogen) atoms. The molecule has 1 unspecified atom stereocenters. The summed E-state index contributed by atoms with van der Waals surface area (Å²) in [4.78, 5) is 16.5. The van der Waals surface area contributed by atoms with E-state index in [4.69, 9.17) is 10.5 Å². The molecular weight excluding hydrogens is 218 g/mol. The van der Waals surface area contributed by atoms with Crippen LogP contribution < -0.4 is 5.73 Å². The van der Waals surface area contributed by atoms with E-state index in [1.165, 1.54) is 0 Å². The van der Waals surface area contributed by atoms with Crippen molar-refractivity contribution in [1.29, 1.82) is 0 Å². The maximum Gasteiger partial charge on any atom is 0.252 e. The van der Waals surface area contributed by atoms with Crippen molar-refractivity contribution in [2.45, 2.75) is 38.0 Å². The lowest BCUT2D eigenvalue weighted by atomic mass is 10.1. The summed E-state index contributed by atoms with van der Waals surface area (Å²) >= 11 is 0. The molecule has 0 aromatic heterocycles. The Bertz CT molecular complexity index is 285. The number of hydrogen-bond donors (Lipinski definition) is 1. The first-order valence-corrected chi connectivity index (χ1v) is 6.46. The molecule has 5 nitrogen and oxygen atoms in total. The van der Waals surface area contributed by atoms with Crippen molar-refractivity contribution < 1.29 is 9.53 Å². The highest BCUT2D eigenvalue weighted by atomic mass is 16.5. The van der Waals surface area contributed by atoms with Crippen LogP contribution in [0.1, 0.15) is 19.8 Å². The molecule has 0 bridgehead atoms. The van der Waals surface area contributed by atoms with Gasteiger partial charge in [-0.1, -0.05) is 0 Å². The maximum atomic E-state index is 12.3. The maximum absolute atomic E-state index is 12.3. The van der Waals surface area contributed by atoms with Gasteiger partial charge in [0.1, 0.15) is 6.10 Å². The standard InChI is InChI=1S/C12H23N3O2/c1-9-8-14(2)5-6-15(9)12(16)11-4-3-10(7-13)17-11/h9-11H,3-8,13H2,1-2H3/t9?,10-,11+/m1/s1. The number of likely N-dealkylation sites (N-methyl/N-ethyl adjacent to an activating group) is 1. The Balaban J connectivity index is 1.91. The zero-order valence-corrected chi connectivity index (χ0v) is 10.8. The van der Waals surface area contributed by atoms with E-state index in [9.17, 15) is 4.79 Å². The number of ether oxygens (including phenoxy) is 1. The van der Waals surface area contributed by atoms with Crippen molar-refractivity contribution in [1.82, 2.24) is 9.80 Å². The summed E-state index contributed by atoms with van der Waals surface area (Å²) in [5.41, 5.74) is 5.56. The second-order valence-electron chi connectivity index (χ2n) is 5.20. The fourth-order valence-electron chi connectivity index (χ4n) is 2.71. The van der Waals surface area contributed by atoms with Crippen LogP contribution in [-0.2, 0) is 9.53 Å². The lowest BCUT2D eigenvalue weighted by molar-refractivity contribution is -0.147. The van der Waals surface area contributed by atoms with Gasteiger partial charge in [0, 0.05) is 32.2 Å². The Morgan fingerprint density at radius 3 is 2.76 bits per heavy atom. The molecule has 0 aromatic rings. The first-order valence-electron chi connectivity index (χ1n) is 6.46. The minimum absolute atomic E-state index is 0.0757. The molecule has 2 fully saturated rings. The van der Waals surface area contributed by atoms with E-state index in [1.54, 1.807) is 0 Å². The minimum atomic E-state index is -0.255. The lowest BCUT2D eigenvalue weighted by Gasteiger charge is -2.39. The van der Waals surface area contributed by atoms with Crippen LogP contribution in [0.4, 0.5) is 0 Å². The summed E-state index contributed by atoms with van der Waals surface area (Å²) in [5.74, 6) is 0.154. The van der Waals surface area contributed by atoms with Gasteiger partial charge in [-0.15, -0.1) is 0 Å². The normalized spacial score (nSPS) is 35.2. The van der Waals surface area contributed by atoms with Gasteiger partial charge in [0.05, 0.1) is 6.10 Å². The summed E-state index contributed by atoms with van der Waals surface area (Å²) in [5, 5.41) is 0. The van der Waals surface area contributed by atoms with E-state index in [1.807, 2.05) is 4.90 Å². The van der Waals surface area contributed by atoms with Crippen LogP contribution in [0.25, 0.3) is 0 Å². The average molecular weight is 241 g/mol. The van der Waals surface area contributed by atoms with E-state index in [0.29, 0.717) is 6.54 Å². The predicted octanol–water partition coefficient (Wildman–Crippen LogP) is -0.345. The SMILES string of the molecule is CC1CN(C)CCN1C(=O)[C@@H]1CC[C@H](CN)O1. The van der Waals surface area contributed by atoms with Gasteiger partial charge in [0.2, 0.25) is 0 Å². The fourth-order valence-corrected chi connectivity index (χ4v) is 2.71. The number of nitrogens with zero attached hydrogens (tertiary/aromatic N) is 2. The highest BCUT2D eigenvalue weighted by Gasteiger charge is 2.35. The molecule has 2 aliphatic rings. The molecule has 0 saturated carbocycles. The molecule has 98 valence electrons. The second kappa shape index (κ2) is 5.33. The van der Waals surface area contributed by atoms with Crippen LogP contribution in [0.5, 0.6) is 0 Å².